The van der Waals surface area contributed by atoms with Gasteiger partial charge in [-0.1, -0.05) is 0 Å². The summed E-state index contributed by atoms with van der Waals surface area (Å²) in [6.45, 7) is 4.66. The second-order valence-electron chi connectivity index (χ2n) is 7.30. The van der Waals surface area contributed by atoms with Gasteiger partial charge in [-0.3, -0.25) is 9.59 Å². The van der Waals surface area contributed by atoms with Crippen molar-refractivity contribution in [3.63, 3.8) is 0 Å². The molecule has 7 heteroatoms. The molecule has 2 aromatic rings. The lowest BCUT2D eigenvalue weighted by molar-refractivity contribution is -0.145. The van der Waals surface area contributed by atoms with Crippen LogP contribution in [-0.4, -0.2) is 65.5 Å². The number of benzene rings is 1. The first kappa shape index (κ1) is 18.0. The highest BCUT2D eigenvalue weighted by molar-refractivity contribution is 5.90. The number of aromatic amines is 1. The summed E-state index contributed by atoms with van der Waals surface area (Å²) in [5.74, 6) is -0.258. The first-order chi connectivity index (χ1) is 13.0. The number of ether oxygens (including phenoxy) is 1. The third-order valence-electron chi connectivity index (χ3n) is 5.56. The summed E-state index contributed by atoms with van der Waals surface area (Å²) in [6.07, 6.45) is 1.64. The fourth-order valence-corrected chi connectivity index (χ4v) is 4.00. The van der Waals surface area contributed by atoms with E-state index in [0.29, 0.717) is 32.8 Å². The minimum Gasteiger partial charge on any atom is -0.368 e. The summed E-state index contributed by atoms with van der Waals surface area (Å²) in [4.78, 5) is 32.0. The number of carbonyl (C=O) groups is 2. The molecule has 4 rings (SSSR count). The molecule has 27 heavy (non-hydrogen) atoms. The number of H-pyrrole nitrogens is 1. The van der Waals surface area contributed by atoms with Crippen LogP contribution in [0.15, 0.2) is 18.2 Å². The Hall–Kier alpha value is -2.41. The molecule has 2 aliphatic heterocycles. The second-order valence-corrected chi connectivity index (χ2v) is 7.30. The van der Waals surface area contributed by atoms with Crippen molar-refractivity contribution in [3.05, 3.63) is 35.3 Å². The molecule has 0 aliphatic carbocycles. The molecule has 3 heterocycles. The number of amides is 2. The van der Waals surface area contributed by atoms with Crippen LogP contribution in [-0.2, 0) is 20.7 Å². The lowest BCUT2D eigenvalue weighted by Crippen LogP contribution is -2.53. The van der Waals surface area contributed by atoms with Crippen LogP contribution in [0.25, 0.3) is 10.9 Å². The van der Waals surface area contributed by atoms with Gasteiger partial charge in [-0.15, -0.1) is 0 Å². The van der Waals surface area contributed by atoms with E-state index in [9.17, 15) is 14.0 Å². The summed E-state index contributed by atoms with van der Waals surface area (Å²) in [6, 6.07) is 4.58. The summed E-state index contributed by atoms with van der Waals surface area (Å²) in [5.41, 5.74) is 2.56. The van der Waals surface area contributed by atoms with Gasteiger partial charge in [-0.05, 0) is 43.5 Å². The summed E-state index contributed by atoms with van der Waals surface area (Å²) < 4.78 is 19.1. The average Bonchev–Trinajstić information content (AvgIpc) is 3.30. The Labute approximate surface area is 157 Å². The molecule has 6 nitrogen and oxygen atoms in total. The molecule has 2 aliphatic rings. The topological polar surface area (TPSA) is 65.6 Å². The van der Waals surface area contributed by atoms with E-state index in [2.05, 4.69) is 4.98 Å². The number of fused-ring (bicyclic) bond motifs is 1. The van der Waals surface area contributed by atoms with Crippen molar-refractivity contribution in [3.8, 4) is 0 Å². The van der Waals surface area contributed by atoms with Crippen LogP contribution in [0.4, 0.5) is 4.39 Å². The van der Waals surface area contributed by atoms with Gasteiger partial charge in [0.05, 0.1) is 6.42 Å². The van der Waals surface area contributed by atoms with Crippen molar-refractivity contribution >= 4 is 22.7 Å². The molecule has 1 N–H and O–H groups in total. The van der Waals surface area contributed by atoms with Crippen molar-refractivity contribution in [1.29, 1.82) is 0 Å². The lowest BCUT2D eigenvalue weighted by Gasteiger charge is -2.35. The average molecular weight is 373 g/mol. The van der Waals surface area contributed by atoms with Crippen LogP contribution in [0, 0.1) is 12.7 Å². The Kier molecular flexibility index (Phi) is 4.86. The fraction of sp³-hybridized carbons (Fsp3) is 0.500. The zero-order valence-electron chi connectivity index (χ0n) is 15.5. The van der Waals surface area contributed by atoms with E-state index in [0.717, 1.165) is 35.0 Å². The number of nitrogens with zero attached hydrogens (tertiary/aromatic N) is 2. The monoisotopic (exact) mass is 373 g/mol. The van der Waals surface area contributed by atoms with E-state index in [1.54, 1.807) is 15.9 Å². The van der Waals surface area contributed by atoms with E-state index in [1.807, 2.05) is 6.92 Å². The SMILES string of the molecule is Cc1[nH]c2ccc(F)cc2c1CC(=O)N1CCN(C(=O)[C@@H]2CCCO2)CC1. The summed E-state index contributed by atoms with van der Waals surface area (Å²) >= 11 is 0. The second kappa shape index (κ2) is 7.31. The number of aromatic nitrogens is 1. The minimum atomic E-state index is -0.309. The molecule has 2 amide bonds. The largest absolute Gasteiger partial charge is 0.368 e. The van der Waals surface area contributed by atoms with Crippen molar-refractivity contribution < 1.29 is 18.7 Å². The van der Waals surface area contributed by atoms with Gasteiger partial charge in [0.25, 0.3) is 5.91 Å². The molecule has 0 spiro atoms. The standard InChI is InChI=1S/C20H24FN3O3/c1-13-15(16-11-14(21)4-5-17(16)22-13)12-19(25)23-6-8-24(9-7-23)20(26)18-3-2-10-27-18/h4-5,11,18,22H,2-3,6-10,12H2,1H3/t18-/m0/s1. The number of halogens is 1. The first-order valence-electron chi connectivity index (χ1n) is 9.48. The van der Waals surface area contributed by atoms with Crippen LogP contribution in [0.2, 0.25) is 0 Å². The molecule has 0 radical (unpaired) electrons. The van der Waals surface area contributed by atoms with Crippen molar-refractivity contribution in [2.75, 3.05) is 32.8 Å². The van der Waals surface area contributed by atoms with E-state index >= 15 is 0 Å². The van der Waals surface area contributed by atoms with E-state index < -0.39 is 0 Å². The van der Waals surface area contributed by atoms with Crippen LogP contribution in [0.1, 0.15) is 24.1 Å². The lowest BCUT2D eigenvalue weighted by atomic mass is 10.1. The summed E-state index contributed by atoms with van der Waals surface area (Å²) in [5, 5.41) is 0.757. The Morgan fingerprint density at radius 1 is 1.22 bits per heavy atom. The van der Waals surface area contributed by atoms with E-state index in [4.69, 9.17) is 4.74 Å². The van der Waals surface area contributed by atoms with Crippen LogP contribution in [0.5, 0.6) is 0 Å². The number of carbonyl (C=O) groups excluding carboxylic acids is 2. The van der Waals surface area contributed by atoms with Gasteiger partial charge in [-0.25, -0.2) is 4.39 Å². The number of piperazine rings is 1. The summed E-state index contributed by atoms with van der Waals surface area (Å²) in [7, 11) is 0. The molecular weight excluding hydrogens is 349 g/mol. The van der Waals surface area contributed by atoms with Gasteiger partial charge >= 0.3 is 0 Å². The maximum absolute atomic E-state index is 13.6. The highest BCUT2D eigenvalue weighted by Crippen LogP contribution is 2.24. The zero-order valence-corrected chi connectivity index (χ0v) is 15.5. The third-order valence-corrected chi connectivity index (χ3v) is 5.56. The predicted molar refractivity (Wildman–Crippen MR) is 98.8 cm³/mol. The number of aryl methyl sites for hydroxylation is 1. The molecule has 2 fully saturated rings. The number of nitrogens with one attached hydrogen (secondary N) is 1. The van der Waals surface area contributed by atoms with Crippen LogP contribution >= 0.6 is 0 Å². The Balaban J connectivity index is 1.39. The number of hydrogen-bond acceptors (Lipinski definition) is 3. The molecular formula is C20H24FN3O3. The molecule has 0 bridgehead atoms. The molecule has 1 aromatic carbocycles. The van der Waals surface area contributed by atoms with Gasteiger partial charge in [0, 0.05) is 49.4 Å². The van der Waals surface area contributed by atoms with Gasteiger partial charge in [-0.2, -0.15) is 0 Å². The van der Waals surface area contributed by atoms with Gasteiger partial charge < -0.3 is 19.5 Å². The van der Waals surface area contributed by atoms with Crippen molar-refractivity contribution in [1.82, 2.24) is 14.8 Å². The van der Waals surface area contributed by atoms with E-state index in [-0.39, 0.29) is 30.2 Å². The van der Waals surface area contributed by atoms with Gasteiger partial charge in [0.2, 0.25) is 5.91 Å². The van der Waals surface area contributed by atoms with Crippen molar-refractivity contribution in [2.24, 2.45) is 0 Å². The quantitative estimate of drug-likeness (QED) is 0.895. The highest BCUT2D eigenvalue weighted by Gasteiger charge is 2.31. The Bertz CT molecular complexity index is 865. The van der Waals surface area contributed by atoms with E-state index in [1.165, 1.54) is 12.1 Å². The Morgan fingerprint density at radius 3 is 2.67 bits per heavy atom. The highest BCUT2D eigenvalue weighted by atomic mass is 19.1. The minimum absolute atomic E-state index is 0.00692. The molecule has 1 atom stereocenters. The molecule has 0 unspecified atom stereocenters. The molecule has 2 saturated heterocycles. The number of rotatable bonds is 3. The van der Waals surface area contributed by atoms with Gasteiger partial charge in [0.1, 0.15) is 11.9 Å². The third kappa shape index (κ3) is 3.56. The normalized spacial score (nSPS) is 20.4. The predicted octanol–water partition coefficient (Wildman–Crippen LogP) is 2.01. The van der Waals surface area contributed by atoms with Crippen molar-refractivity contribution in [2.45, 2.75) is 32.3 Å². The molecule has 144 valence electrons. The number of hydrogen-bond donors (Lipinski definition) is 1. The maximum atomic E-state index is 13.6. The first-order valence-corrected chi connectivity index (χ1v) is 9.48. The zero-order chi connectivity index (χ0) is 19.0. The maximum Gasteiger partial charge on any atom is 0.251 e. The Morgan fingerprint density at radius 2 is 1.96 bits per heavy atom. The van der Waals surface area contributed by atoms with Crippen LogP contribution in [0.3, 0.4) is 0 Å². The molecule has 0 saturated carbocycles. The van der Waals surface area contributed by atoms with Crippen LogP contribution < -0.4 is 0 Å². The van der Waals surface area contributed by atoms with Gasteiger partial charge in [0.15, 0.2) is 0 Å². The smallest absolute Gasteiger partial charge is 0.251 e. The fourth-order valence-electron chi connectivity index (χ4n) is 4.00. The molecule has 1 aromatic heterocycles.